The predicted octanol–water partition coefficient (Wildman–Crippen LogP) is 6.43. The van der Waals surface area contributed by atoms with E-state index in [-0.39, 0.29) is 11.7 Å². The minimum absolute atomic E-state index is 0.0220. The number of aryl methyl sites for hydroxylation is 2. The summed E-state index contributed by atoms with van der Waals surface area (Å²) in [6.07, 6.45) is 11.0. The lowest BCUT2D eigenvalue weighted by Crippen LogP contribution is -2.43. The smallest absolute Gasteiger partial charge is 0.253 e. The van der Waals surface area contributed by atoms with E-state index in [9.17, 15) is 9.59 Å². The standard InChI is InChI=1S/C35H40N4O2/c1-2-27-12-8-13-30-31(35(41)37-23-25-10-4-3-5-11-25)24-38(34(27)30)18-9-19-39-28-15-16-29(39)21-26(20-28)22-33(40)32-14-6-7-17-36-32/h3-8,10-14,17,24,26,28-29H,2,9,15-16,18-23H2,1H3,(H,37,41)/t26-,28+,29-. The summed E-state index contributed by atoms with van der Waals surface area (Å²) in [5, 5.41) is 4.16. The Kier molecular flexibility index (Phi) is 8.28. The summed E-state index contributed by atoms with van der Waals surface area (Å²) in [4.78, 5) is 33.0. The number of hydrogen-bond acceptors (Lipinski definition) is 4. The highest BCUT2D eigenvalue weighted by molar-refractivity contribution is 6.07. The predicted molar refractivity (Wildman–Crippen MR) is 163 cm³/mol. The summed E-state index contributed by atoms with van der Waals surface area (Å²) < 4.78 is 2.31. The molecule has 6 heteroatoms. The second-order valence-corrected chi connectivity index (χ2v) is 11.7. The number of fused-ring (bicyclic) bond motifs is 3. The van der Waals surface area contributed by atoms with Gasteiger partial charge >= 0.3 is 0 Å². The molecule has 6 rings (SSSR count). The fraction of sp³-hybridized carbons (Fsp3) is 0.400. The van der Waals surface area contributed by atoms with Gasteiger partial charge in [-0.1, -0.05) is 61.5 Å². The maximum Gasteiger partial charge on any atom is 0.253 e. The average Bonchev–Trinajstić information content (AvgIpc) is 3.50. The number of piperidine rings is 1. The molecule has 0 aliphatic carbocycles. The van der Waals surface area contributed by atoms with Crippen LogP contribution in [0.4, 0.5) is 0 Å². The van der Waals surface area contributed by atoms with Gasteiger partial charge in [-0.05, 0) is 67.7 Å². The quantitative estimate of drug-likeness (QED) is 0.219. The molecule has 4 aromatic rings. The van der Waals surface area contributed by atoms with Gasteiger partial charge in [-0.15, -0.1) is 0 Å². The van der Waals surface area contributed by atoms with E-state index in [1.165, 1.54) is 23.9 Å². The van der Waals surface area contributed by atoms with Gasteiger partial charge in [0.2, 0.25) is 0 Å². The van der Waals surface area contributed by atoms with Crippen LogP contribution in [0, 0.1) is 5.92 Å². The number of Topliss-reactive ketones (excluding diaryl/α,β-unsaturated/α-hetero) is 1. The van der Waals surface area contributed by atoms with Gasteiger partial charge in [0, 0.05) is 55.9 Å². The molecule has 4 heterocycles. The number of ketones is 1. The third kappa shape index (κ3) is 5.98. The van der Waals surface area contributed by atoms with Gasteiger partial charge in [0.1, 0.15) is 5.69 Å². The maximum atomic E-state index is 13.3. The molecule has 6 nitrogen and oxygen atoms in total. The second-order valence-electron chi connectivity index (χ2n) is 11.7. The molecule has 1 N–H and O–H groups in total. The minimum Gasteiger partial charge on any atom is -0.348 e. The van der Waals surface area contributed by atoms with Crippen molar-refractivity contribution >= 4 is 22.6 Å². The summed E-state index contributed by atoms with van der Waals surface area (Å²) >= 11 is 0. The van der Waals surface area contributed by atoms with Crippen molar-refractivity contribution in [2.45, 2.75) is 77.0 Å². The second kappa shape index (κ2) is 12.4. The number of carbonyl (C=O) groups is 2. The van der Waals surface area contributed by atoms with Crippen molar-refractivity contribution in [2.24, 2.45) is 5.92 Å². The number of benzene rings is 2. The molecule has 1 amide bonds. The first kappa shape index (κ1) is 27.4. The Morgan fingerprint density at radius 3 is 2.44 bits per heavy atom. The minimum atomic E-state index is -0.0220. The number of pyridine rings is 1. The molecule has 0 unspecified atom stereocenters. The normalized spacial score (nSPS) is 20.4. The van der Waals surface area contributed by atoms with Crippen LogP contribution in [-0.2, 0) is 19.5 Å². The summed E-state index contributed by atoms with van der Waals surface area (Å²) in [6.45, 7) is 4.64. The van der Waals surface area contributed by atoms with Crippen molar-refractivity contribution in [1.29, 1.82) is 0 Å². The van der Waals surface area contributed by atoms with E-state index in [0.29, 0.717) is 36.7 Å². The molecule has 3 atom stereocenters. The monoisotopic (exact) mass is 548 g/mol. The third-order valence-corrected chi connectivity index (χ3v) is 9.13. The van der Waals surface area contributed by atoms with Gasteiger partial charge < -0.3 is 9.88 Å². The molecule has 41 heavy (non-hydrogen) atoms. The number of aromatic nitrogens is 2. The van der Waals surface area contributed by atoms with E-state index in [1.807, 2.05) is 48.5 Å². The number of nitrogens with one attached hydrogen (secondary N) is 1. The Bertz CT molecular complexity index is 1480. The van der Waals surface area contributed by atoms with Crippen LogP contribution in [0.25, 0.3) is 10.9 Å². The number of para-hydroxylation sites is 1. The zero-order chi connectivity index (χ0) is 28.2. The number of carbonyl (C=O) groups excluding carboxylic acids is 2. The highest BCUT2D eigenvalue weighted by Gasteiger charge is 2.40. The summed E-state index contributed by atoms with van der Waals surface area (Å²) in [5.41, 5.74) is 4.92. The van der Waals surface area contributed by atoms with Crippen molar-refractivity contribution in [3.05, 3.63) is 102 Å². The van der Waals surface area contributed by atoms with Crippen molar-refractivity contribution in [3.8, 4) is 0 Å². The molecule has 2 aliphatic rings. The first-order chi connectivity index (χ1) is 20.1. The third-order valence-electron chi connectivity index (χ3n) is 9.13. The molecule has 0 spiro atoms. The van der Waals surface area contributed by atoms with E-state index in [4.69, 9.17) is 0 Å². The molecular weight excluding hydrogens is 508 g/mol. The zero-order valence-corrected chi connectivity index (χ0v) is 24.0. The number of hydrogen-bond donors (Lipinski definition) is 1. The van der Waals surface area contributed by atoms with Crippen molar-refractivity contribution in [3.63, 3.8) is 0 Å². The van der Waals surface area contributed by atoms with Crippen LogP contribution in [0.15, 0.2) is 79.1 Å². The van der Waals surface area contributed by atoms with E-state index < -0.39 is 0 Å². The fourth-order valence-corrected chi connectivity index (χ4v) is 7.19. The van der Waals surface area contributed by atoms with Crippen LogP contribution >= 0.6 is 0 Å². The largest absolute Gasteiger partial charge is 0.348 e. The SMILES string of the molecule is CCc1cccc2c(C(=O)NCc3ccccc3)cn(CCCN3[C@@H]4CC[C@H]3C[C@@H](CC(=O)c3ccccn3)C4)c12. The van der Waals surface area contributed by atoms with Crippen LogP contribution in [0.2, 0.25) is 0 Å². The molecule has 2 bridgehead atoms. The molecule has 2 fully saturated rings. The molecule has 0 radical (unpaired) electrons. The first-order valence-corrected chi connectivity index (χ1v) is 15.2. The Hall–Kier alpha value is -3.77. The van der Waals surface area contributed by atoms with Crippen LogP contribution in [0.3, 0.4) is 0 Å². The topological polar surface area (TPSA) is 67.2 Å². The van der Waals surface area contributed by atoms with Gasteiger partial charge in [0.25, 0.3) is 5.91 Å². The molecule has 0 saturated carbocycles. The number of nitrogens with zero attached hydrogens (tertiary/aromatic N) is 3. The van der Waals surface area contributed by atoms with Crippen molar-refractivity contribution < 1.29 is 9.59 Å². The Morgan fingerprint density at radius 1 is 0.927 bits per heavy atom. The molecular formula is C35H40N4O2. The average molecular weight is 549 g/mol. The Labute approximate surface area is 242 Å². The fourth-order valence-electron chi connectivity index (χ4n) is 7.19. The molecule has 212 valence electrons. The van der Waals surface area contributed by atoms with Gasteiger partial charge in [-0.2, -0.15) is 0 Å². The van der Waals surface area contributed by atoms with Gasteiger partial charge in [0.15, 0.2) is 5.78 Å². The molecule has 2 aromatic heterocycles. The van der Waals surface area contributed by atoms with Crippen molar-refractivity contribution in [1.82, 2.24) is 19.8 Å². The number of rotatable bonds is 11. The van der Waals surface area contributed by atoms with Gasteiger partial charge in [-0.25, -0.2) is 0 Å². The van der Waals surface area contributed by atoms with Crippen LogP contribution in [-0.4, -0.2) is 44.8 Å². The Morgan fingerprint density at radius 2 is 1.71 bits per heavy atom. The number of amides is 1. The van der Waals surface area contributed by atoms with Crippen LogP contribution < -0.4 is 5.32 Å². The van der Waals surface area contributed by atoms with Gasteiger partial charge in [0.05, 0.1) is 11.1 Å². The Balaban J connectivity index is 1.10. The van der Waals surface area contributed by atoms with Crippen molar-refractivity contribution in [2.75, 3.05) is 6.54 Å². The lowest BCUT2D eigenvalue weighted by molar-refractivity contribution is 0.0804. The molecule has 2 aromatic carbocycles. The summed E-state index contributed by atoms with van der Waals surface area (Å²) in [7, 11) is 0. The highest BCUT2D eigenvalue weighted by atomic mass is 16.1. The van der Waals surface area contributed by atoms with Crippen LogP contribution in [0.5, 0.6) is 0 Å². The summed E-state index contributed by atoms with van der Waals surface area (Å²) in [6, 6.07) is 23.1. The maximum absolute atomic E-state index is 13.3. The van der Waals surface area contributed by atoms with Crippen LogP contribution in [0.1, 0.15) is 77.4 Å². The first-order valence-electron chi connectivity index (χ1n) is 15.2. The van der Waals surface area contributed by atoms with Gasteiger partial charge in [-0.3, -0.25) is 19.5 Å². The van der Waals surface area contributed by atoms with E-state index in [1.54, 1.807) is 6.20 Å². The zero-order valence-electron chi connectivity index (χ0n) is 24.0. The highest BCUT2D eigenvalue weighted by Crippen LogP contribution is 2.40. The lowest BCUT2D eigenvalue weighted by Gasteiger charge is -2.39. The summed E-state index contributed by atoms with van der Waals surface area (Å²) in [5.74, 6) is 0.611. The molecule has 2 saturated heterocycles. The lowest BCUT2D eigenvalue weighted by atomic mass is 9.86. The molecule has 2 aliphatic heterocycles. The van der Waals surface area contributed by atoms with E-state index >= 15 is 0 Å². The van der Waals surface area contributed by atoms with E-state index in [0.717, 1.165) is 55.3 Å². The van der Waals surface area contributed by atoms with E-state index in [2.05, 4.69) is 51.1 Å².